The topological polar surface area (TPSA) is 58.2 Å². The summed E-state index contributed by atoms with van der Waals surface area (Å²) in [5.41, 5.74) is 1.81. The minimum absolute atomic E-state index is 0.0986. The second-order valence-electron chi connectivity index (χ2n) is 6.15. The Morgan fingerprint density at radius 2 is 1.46 bits per heavy atom. The lowest BCUT2D eigenvalue weighted by Gasteiger charge is -2.17. The Hall–Kier alpha value is -2.04. The molecule has 2 N–H and O–H groups in total. The highest BCUT2D eigenvalue weighted by Gasteiger charge is 2.15. The Balaban J connectivity index is 1.79. The third-order valence-electron chi connectivity index (χ3n) is 4.06. The molecule has 26 heavy (non-hydrogen) atoms. The summed E-state index contributed by atoms with van der Waals surface area (Å²) in [4.78, 5) is 24.2. The number of carbonyl (C=O) groups excluding carboxylic acids is 2. The second-order valence-corrected chi connectivity index (χ2v) is 7.00. The van der Waals surface area contributed by atoms with Crippen LogP contribution < -0.4 is 10.6 Å². The summed E-state index contributed by atoms with van der Waals surface area (Å²) in [6.45, 7) is 3.75. The summed E-state index contributed by atoms with van der Waals surface area (Å²) in [7, 11) is 0. The molecule has 2 aromatic carbocycles. The standard InChI is InChI=1S/C20H22Cl2N2O2/c1-13(15-6-4-3-5-7-15)23-19(25)10-11-20(26)24-14(2)17-9-8-16(21)12-18(17)22/h3-9,12-14H,10-11H2,1-2H3,(H,23,25)(H,24,26)/t13-,14+/m1/s1. The van der Waals surface area contributed by atoms with Crippen molar-refractivity contribution >= 4 is 35.0 Å². The molecule has 0 aliphatic rings. The summed E-state index contributed by atoms with van der Waals surface area (Å²) in [5.74, 6) is -0.361. The lowest BCUT2D eigenvalue weighted by Crippen LogP contribution is -2.30. The maximum absolute atomic E-state index is 12.1. The van der Waals surface area contributed by atoms with Gasteiger partial charge < -0.3 is 10.6 Å². The first-order valence-corrected chi connectivity index (χ1v) is 9.21. The highest BCUT2D eigenvalue weighted by molar-refractivity contribution is 6.35. The van der Waals surface area contributed by atoms with E-state index in [-0.39, 0.29) is 36.7 Å². The van der Waals surface area contributed by atoms with Crippen LogP contribution >= 0.6 is 23.2 Å². The van der Waals surface area contributed by atoms with Gasteiger partial charge in [0.05, 0.1) is 12.1 Å². The van der Waals surface area contributed by atoms with E-state index in [0.29, 0.717) is 10.0 Å². The van der Waals surface area contributed by atoms with Gasteiger partial charge in [0.25, 0.3) is 0 Å². The predicted octanol–water partition coefficient (Wildman–Crippen LogP) is 4.83. The van der Waals surface area contributed by atoms with Crippen LogP contribution in [0.4, 0.5) is 0 Å². The van der Waals surface area contributed by atoms with Crippen molar-refractivity contribution in [1.82, 2.24) is 10.6 Å². The minimum atomic E-state index is -0.265. The first kappa shape index (κ1) is 20.3. The van der Waals surface area contributed by atoms with E-state index in [1.54, 1.807) is 18.2 Å². The summed E-state index contributed by atoms with van der Waals surface area (Å²) < 4.78 is 0. The average molecular weight is 393 g/mol. The SMILES string of the molecule is C[C@H](NC(=O)CCC(=O)N[C@H](C)c1ccccc1)c1ccc(Cl)cc1Cl. The van der Waals surface area contributed by atoms with Gasteiger partial charge in [-0.25, -0.2) is 0 Å². The normalized spacial score (nSPS) is 12.9. The molecule has 2 amide bonds. The molecule has 0 saturated carbocycles. The fourth-order valence-electron chi connectivity index (χ4n) is 2.61. The number of halogens is 2. The highest BCUT2D eigenvalue weighted by Crippen LogP contribution is 2.26. The van der Waals surface area contributed by atoms with Crippen LogP contribution in [-0.2, 0) is 9.59 Å². The molecule has 0 aromatic heterocycles. The number of hydrogen-bond acceptors (Lipinski definition) is 2. The molecule has 0 fully saturated rings. The fourth-order valence-corrected chi connectivity index (χ4v) is 3.18. The van der Waals surface area contributed by atoms with Crippen LogP contribution in [-0.4, -0.2) is 11.8 Å². The number of benzene rings is 2. The molecular formula is C20H22Cl2N2O2. The molecule has 6 heteroatoms. The lowest BCUT2D eigenvalue weighted by atomic mass is 10.1. The smallest absolute Gasteiger partial charge is 0.220 e. The van der Waals surface area contributed by atoms with Crippen LogP contribution in [0.2, 0.25) is 10.0 Å². The molecule has 0 aliphatic carbocycles. The minimum Gasteiger partial charge on any atom is -0.350 e. The van der Waals surface area contributed by atoms with Gasteiger partial charge in [0.2, 0.25) is 11.8 Å². The zero-order valence-electron chi connectivity index (χ0n) is 14.8. The average Bonchev–Trinajstić information content (AvgIpc) is 2.60. The number of hydrogen-bond donors (Lipinski definition) is 2. The van der Waals surface area contributed by atoms with Crippen molar-refractivity contribution in [2.24, 2.45) is 0 Å². The van der Waals surface area contributed by atoms with E-state index in [1.165, 1.54) is 0 Å². The Bertz CT molecular complexity index is 766. The summed E-state index contributed by atoms with van der Waals surface area (Å²) in [6.07, 6.45) is 0.243. The molecule has 0 saturated heterocycles. The van der Waals surface area contributed by atoms with Gasteiger partial charge in [-0.1, -0.05) is 59.6 Å². The van der Waals surface area contributed by atoms with Gasteiger partial charge in [-0.15, -0.1) is 0 Å². The van der Waals surface area contributed by atoms with Crippen molar-refractivity contribution in [3.05, 3.63) is 69.7 Å². The highest BCUT2D eigenvalue weighted by atomic mass is 35.5. The van der Waals surface area contributed by atoms with Gasteiger partial charge in [-0.3, -0.25) is 9.59 Å². The van der Waals surface area contributed by atoms with Crippen LogP contribution in [0.5, 0.6) is 0 Å². The molecular weight excluding hydrogens is 371 g/mol. The van der Waals surface area contributed by atoms with Gasteiger partial charge in [-0.2, -0.15) is 0 Å². The Kier molecular flexibility index (Phi) is 7.49. The van der Waals surface area contributed by atoms with Crippen molar-refractivity contribution in [2.45, 2.75) is 38.8 Å². The molecule has 0 spiro atoms. The van der Waals surface area contributed by atoms with Crippen LogP contribution in [0.15, 0.2) is 48.5 Å². The Morgan fingerprint density at radius 3 is 2.04 bits per heavy atom. The third kappa shape index (κ3) is 6.04. The molecule has 0 radical (unpaired) electrons. The third-order valence-corrected chi connectivity index (χ3v) is 4.63. The largest absolute Gasteiger partial charge is 0.350 e. The monoisotopic (exact) mass is 392 g/mol. The van der Waals surface area contributed by atoms with Gasteiger partial charge in [0.1, 0.15) is 0 Å². The van der Waals surface area contributed by atoms with E-state index >= 15 is 0 Å². The molecule has 0 unspecified atom stereocenters. The Morgan fingerprint density at radius 1 is 0.885 bits per heavy atom. The molecule has 2 aromatic rings. The van der Waals surface area contributed by atoms with Crippen LogP contribution in [0.3, 0.4) is 0 Å². The van der Waals surface area contributed by atoms with Crippen LogP contribution in [0.1, 0.15) is 49.9 Å². The number of nitrogens with one attached hydrogen (secondary N) is 2. The molecule has 0 bridgehead atoms. The predicted molar refractivity (Wildman–Crippen MR) is 105 cm³/mol. The summed E-state index contributed by atoms with van der Waals surface area (Å²) in [6, 6.07) is 14.5. The quantitative estimate of drug-likeness (QED) is 0.708. The molecule has 0 heterocycles. The molecule has 2 rings (SSSR count). The van der Waals surface area contributed by atoms with Crippen molar-refractivity contribution in [1.29, 1.82) is 0 Å². The molecule has 0 aliphatic heterocycles. The second kappa shape index (κ2) is 9.60. The van der Waals surface area contributed by atoms with Gasteiger partial charge >= 0.3 is 0 Å². The van der Waals surface area contributed by atoms with Gasteiger partial charge in [0, 0.05) is 22.9 Å². The number of rotatable bonds is 7. The maximum Gasteiger partial charge on any atom is 0.220 e. The Labute approximate surface area is 163 Å². The van der Waals surface area contributed by atoms with Crippen LogP contribution in [0.25, 0.3) is 0 Å². The van der Waals surface area contributed by atoms with E-state index in [2.05, 4.69) is 10.6 Å². The first-order chi connectivity index (χ1) is 12.4. The van der Waals surface area contributed by atoms with Crippen molar-refractivity contribution in [2.75, 3.05) is 0 Å². The fraction of sp³-hybridized carbons (Fsp3) is 0.300. The zero-order chi connectivity index (χ0) is 19.1. The van der Waals surface area contributed by atoms with Crippen LogP contribution in [0, 0.1) is 0 Å². The number of amides is 2. The first-order valence-electron chi connectivity index (χ1n) is 8.45. The van der Waals surface area contributed by atoms with Crippen molar-refractivity contribution < 1.29 is 9.59 Å². The van der Waals surface area contributed by atoms with E-state index in [1.807, 2.05) is 44.2 Å². The summed E-state index contributed by atoms with van der Waals surface area (Å²) >= 11 is 12.0. The number of carbonyl (C=O) groups is 2. The lowest BCUT2D eigenvalue weighted by molar-refractivity contribution is -0.127. The van der Waals surface area contributed by atoms with E-state index in [0.717, 1.165) is 11.1 Å². The van der Waals surface area contributed by atoms with Gasteiger partial charge in [0.15, 0.2) is 0 Å². The van der Waals surface area contributed by atoms with Crippen molar-refractivity contribution in [3.8, 4) is 0 Å². The molecule has 2 atom stereocenters. The van der Waals surface area contributed by atoms with Crippen molar-refractivity contribution in [3.63, 3.8) is 0 Å². The van der Waals surface area contributed by atoms with Gasteiger partial charge in [-0.05, 0) is 37.1 Å². The zero-order valence-corrected chi connectivity index (χ0v) is 16.3. The molecule has 138 valence electrons. The van der Waals surface area contributed by atoms with E-state index in [4.69, 9.17) is 23.2 Å². The van der Waals surface area contributed by atoms with E-state index in [9.17, 15) is 9.59 Å². The maximum atomic E-state index is 12.1. The summed E-state index contributed by atoms with van der Waals surface area (Å²) in [5, 5.41) is 6.79. The van der Waals surface area contributed by atoms with E-state index < -0.39 is 0 Å². The molecule has 4 nitrogen and oxygen atoms in total.